The second-order valence-corrected chi connectivity index (χ2v) is 1.97. The smallest absolute Gasteiger partial charge is 0.137 e. The molecule has 0 amide bonds. The Morgan fingerprint density at radius 3 is 3.12 bits per heavy atom. The fourth-order valence-electron chi connectivity index (χ4n) is 0.459. The lowest BCUT2D eigenvalue weighted by Gasteiger charge is -2.10. The highest BCUT2D eigenvalue weighted by Crippen LogP contribution is 1.86. The molecule has 45 valence electrons. The molecule has 0 spiro atoms. The standard InChI is InChI=1S/C4H6NO2S/c6-8-4-3-7-2-1-5-4/h3,5H,1-2H2. The number of morpholine rings is 1. The van der Waals surface area contributed by atoms with E-state index < -0.39 is 0 Å². The highest BCUT2D eigenvalue weighted by molar-refractivity contribution is 7.66. The van der Waals surface area contributed by atoms with Crippen molar-refractivity contribution in [3.8, 4) is 0 Å². The van der Waals surface area contributed by atoms with Crippen LogP contribution in [0.15, 0.2) is 0 Å². The van der Waals surface area contributed by atoms with Crippen LogP contribution in [0.5, 0.6) is 0 Å². The predicted molar refractivity (Wildman–Crippen MR) is 31.4 cm³/mol. The monoisotopic (exact) mass is 132 g/mol. The molecule has 0 bridgehead atoms. The lowest BCUT2D eigenvalue weighted by molar-refractivity contribution is 0.212. The normalized spacial score (nSPS) is 20.8. The van der Waals surface area contributed by atoms with Gasteiger partial charge in [0.2, 0.25) is 0 Å². The van der Waals surface area contributed by atoms with Gasteiger partial charge in [0.15, 0.2) is 0 Å². The minimum absolute atomic E-state index is 0.421. The van der Waals surface area contributed by atoms with Crippen LogP contribution in [0.25, 0.3) is 0 Å². The Balaban J connectivity index is 2.45. The molecule has 1 saturated heterocycles. The average molecular weight is 132 g/mol. The van der Waals surface area contributed by atoms with E-state index >= 15 is 0 Å². The van der Waals surface area contributed by atoms with E-state index in [1.165, 1.54) is 6.61 Å². The van der Waals surface area contributed by atoms with Crippen molar-refractivity contribution < 1.29 is 8.95 Å². The van der Waals surface area contributed by atoms with E-state index in [0.29, 0.717) is 22.9 Å². The van der Waals surface area contributed by atoms with Crippen molar-refractivity contribution in [2.75, 3.05) is 13.2 Å². The van der Waals surface area contributed by atoms with E-state index in [-0.39, 0.29) is 0 Å². The van der Waals surface area contributed by atoms with E-state index in [4.69, 9.17) is 4.74 Å². The Bertz CT molecular complexity index is 122. The summed E-state index contributed by atoms with van der Waals surface area (Å²) in [5.74, 6) is 0. The predicted octanol–water partition coefficient (Wildman–Crippen LogP) is -0.889. The molecule has 0 unspecified atom stereocenters. The van der Waals surface area contributed by atoms with Crippen LogP contribution in [0.1, 0.15) is 0 Å². The molecule has 1 N–H and O–H groups in total. The van der Waals surface area contributed by atoms with Crippen LogP contribution in [-0.2, 0) is 16.0 Å². The zero-order chi connectivity index (χ0) is 5.82. The zero-order valence-corrected chi connectivity index (χ0v) is 5.03. The molecule has 1 fully saturated rings. The topological polar surface area (TPSA) is 38.3 Å². The summed E-state index contributed by atoms with van der Waals surface area (Å²) in [7, 11) is 0. The Morgan fingerprint density at radius 1 is 1.88 bits per heavy atom. The molecule has 0 atom stereocenters. The number of rotatable bonds is 0. The van der Waals surface area contributed by atoms with E-state index in [1.54, 1.807) is 0 Å². The number of hydrogen-bond acceptors (Lipinski definition) is 2. The third-order valence-corrected chi connectivity index (χ3v) is 1.22. The molecular formula is C4H6NO2S. The molecule has 0 aromatic rings. The Hall–Kier alpha value is -0.190. The molecule has 1 rings (SSSR count). The average Bonchev–Trinajstić information content (AvgIpc) is 1.90. The van der Waals surface area contributed by atoms with Gasteiger partial charge in [-0.05, 0) is 0 Å². The molecule has 1 radical (unpaired) electrons. The number of hydrogen-bond donors (Lipinski definition) is 1. The molecular weight excluding hydrogens is 126 g/mol. The quantitative estimate of drug-likeness (QED) is 0.434. The zero-order valence-electron chi connectivity index (χ0n) is 4.22. The summed E-state index contributed by atoms with van der Waals surface area (Å²) in [5.41, 5.74) is 0. The van der Waals surface area contributed by atoms with Crippen molar-refractivity contribution in [3.63, 3.8) is 0 Å². The minimum atomic E-state index is 0.421. The highest BCUT2D eigenvalue weighted by atomic mass is 32.1. The van der Waals surface area contributed by atoms with Gasteiger partial charge in [0.1, 0.15) is 22.9 Å². The van der Waals surface area contributed by atoms with Crippen molar-refractivity contribution in [2.45, 2.75) is 0 Å². The van der Waals surface area contributed by atoms with Crippen LogP contribution >= 0.6 is 0 Å². The lowest BCUT2D eigenvalue weighted by atomic mass is 10.5. The SMILES string of the molecule is O=S=C1[CH]OCCN1. The fourth-order valence-corrected chi connectivity index (χ4v) is 0.727. The molecule has 0 aliphatic carbocycles. The first-order chi connectivity index (χ1) is 3.93. The molecule has 4 heteroatoms. The highest BCUT2D eigenvalue weighted by Gasteiger charge is 2.03. The van der Waals surface area contributed by atoms with Gasteiger partial charge in [-0.25, -0.2) is 4.21 Å². The van der Waals surface area contributed by atoms with Crippen molar-refractivity contribution >= 4 is 16.2 Å². The minimum Gasteiger partial charge on any atom is -0.367 e. The van der Waals surface area contributed by atoms with Crippen molar-refractivity contribution in [1.82, 2.24) is 5.32 Å². The summed E-state index contributed by atoms with van der Waals surface area (Å²) >= 11 is 0.421. The molecule has 1 aliphatic rings. The van der Waals surface area contributed by atoms with Gasteiger partial charge in [0.25, 0.3) is 0 Å². The first-order valence-corrected chi connectivity index (χ1v) is 3.03. The van der Waals surface area contributed by atoms with Crippen LogP contribution in [0.4, 0.5) is 0 Å². The van der Waals surface area contributed by atoms with Crippen LogP contribution in [0.2, 0.25) is 0 Å². The van der Waals surface area contributed by atoms with Crippen LogP contribution in [0.3, 0.4) is 0 Å². The fraction of sp³-hybridized carbons (Fsp3) is 0.500. The lowest BCUT2D eigenvalue weighted by Crippen LogP contribution is -2.33. The summed E-state index contributed by atoms with van der Waals surface area (Å²) in [5, 5.41) is 2.86. The molecule has 8 heavy (non-hydrogen) atoms. The molecule has 1 heterocycles. The van der Waals surface area contributed by atoms with Crippen molar-refractivity contribution in [1.29, 1.82) is 0 Å². The Labute approximate surface area is 51.1 Å². The van der Waals surface area contributed by atoms with Crippen molar-refractivity contribution in [3.05, 3.63) is 6.61 Å². The molecule has 3 nitrogen and oxygen atoms in total. The van der Waals surface area contributed by atoms with Gasteiger partial charge in [-0.15, -0.1) is 0 Å². The van der Waals surface area contributed by atoms with Gasteiger partial charge in [-0.2, -0.15) is 0 Å². The summed E-state index contributed by atoms with van der Waals surface area (Å²) in [6.07, 6.45) is 0. The summed E-state index contributed by atoms with van der Waals surface area (Å²) < 4.78 is 14.8. The van der Waals surface area contributed by atoms with Crippen molar-refractivity contribution in [2.24, 2.45) is 0 Å². The maximum absolute atomic E-state index is 9.99. The summed E-state index contributed by atoms with van der Waals surface area (Å²) in [6, 6.07) is 0. The molecule has 0 aromatic carbocycles. The molecule has 0 saturated carbocycles. The van der Waals surface area contributed by atoms with Gasteiger partial charge in [-0.1, -0.05) is 0 Å². The summed E-state index contributed by atoms with van der Waals surface area (Å²) in [6.45, 7) is 2.84. The van der Waals surface area contributed by atoms with Gasteiger partial charge in [-0.3, -0.25) is 5.32 Å². The van der Waals surface area contributed by atoms with E-state index in [1.807, 2.05) is 0 Å². The Kier molecular flexibility index (Phi) is 2.20. The Morgan fingerprint density at radius 2 is 2.75 bits per heavy atom. The van der Waals surface area contributed by atoms with Gasteiger partial charge in [0, 0.05) is 6.54 Å². The van der Waals surface area contributed by atoms with Crippen LogP contribution < -0.4 is 5.32 Å². The number of nitrogens with one attached hydrogen (secondary N) is 1. The second kappa shape index (κ2) is 2.96. The largest absolute Gasteiger partial charge is 0.367 e. The van der Waals surface area contributed by atoms with E-state index in [9.17, 15) is 4.21 Å². The van der Waals surface area contributed by atoms with Crippen LogP contribution in [0, 0.1) is 6.61 Å². The van der Waals surface area contributed by atoms with Gasteiger partial charge >= 0.3 is 0 Å². The third-order valence-electron chi connectivity index (χ3n) is 0.799. The van der Waals surface area contributed by atoms with E-state index in [2.05, 4.69) is 5.32 Å². The maximum Gasteiger partial charge on any atom is 0.137 e. The second-order valence-electron chi connectivity index (χ2n) is 1.36. The van der Waals surface area contributed by atoms with Crippen LogP contribution in [-0.4, -0.2) is 22.3 Å². The molecule has 0 aromatic heterocycles. The van der Waals surface area contributed by atoms with E-state index in [0.717, 1.165) is 6.54 Å². The first-order valence-electron chi connectivity index (χ1n) is 2.29. The first kappa shape index (κ1) is 5.94. The maximum atomic E-state index is 9.99. The number of ether oxygens (including phenoxy) is 1. The third kappa shape index (κ3) is 1.40. The molecule has 1 aliphatic heterocycles. The summed E-state index contributed by atoms with van der Waals surface area (Å²) in [4.78, 5) is 0.566. The van der Waals surface area contributed by atoms with Gasteiger partial charge < -0.3 is 4.74 Å². The van der Waals surface area contributed by atoms with Gasteiger partial charge in [0.05, 0.1) is 6.61 Å².